The number of ether oxygens (including phenoxy) is 1. The molecule has 1 aliphatic heterocycles. The van der Waals surface area contributed by atoms with Gasteiger partial charge >= 0.3 is 6.36 Å². The van der Waals surface area contributed by atoms with Crippen molar-refractivity contribution in [3.05, 3.63) is 57.4 Å². The van der Waals surface area contributed by atoms with Gasteiger partial charge in [0.25, 0.3) is 0 Å². The first-order valence-corrected chi connectivity index (χ1v) is 10.9. The summed E-state index contributed by atoms with van der Waals surface area (Å²) < 4.78 is 67.6. The van der Waals surface area contributed by atoms with E-state index in [1.54, 1.807) is 12.1 Å². The molecule has 1 aromatic carbocycles. The zero-order chi connectivity index (χ0) is 21.1. The molecular weight excluding hydrogens is 453 g/mol. The minimum Gasteiger partial charge on any atom is -0.406 e. The summed E-state index contributed by atoms with van der Waals surface area (Å²) in [4.78, 5) is 6.23. The van der Waals surface area contributed by atoms with Crippen molar-refractivity contribution in [2.24, 2.45) is 0 Å². The normalized spacial score (nSPS) is 15.8. The maximum Gasteiger partial charge on any atom is 0.573 e. The molecule has 0 saturated carbocycles. The fourth-order valence-electron chi connectivity index (χ4n) is 2.55. The van der Waals surface area contributed by atoms with Crippen LogP contribution in [0.2, 0.25) is 4.34 Å². The number of hydrogen-bond donors (Lipinski definition) is 1. The second-order valence-corrected chi connectivity index (χ2v) is 9.70. The van der Waals surface area contributed by atoms with Gasteiger partial charge in [-0.1, -0.05) is 11.6 Å². The Kier molecular flexibility index (Phi) is 6.74. The Morgan fingerprint density at radius 1 is 1.17 bits per heavy atom. The van der Waals surface area contributed by atoms with Crippen molar-refractivity contribution in [2.45, 2.75) is 24.3 Å². The number of sulfonamides is 1. The summed E-state index contributed by atoms with van der Waals surface area (Å²) in [7, 11) is -3.84. The molecule has 0 atom stereocenters. The van der Waals surface area contributed by atoms with Crippen LogP contribution in [-0.2, 0) is 21.5 Å². The number of thiophene rings is 1. The summed E-state index contributed by atoms with van der Waals surface area (Å²) in [5, 5.41) is 0. The molecule has 6 nitrogen and oxygen atoms in total. The second-order valence-electron chi connectivity index (χ2n) is 5.96. The van der Waals surface area contributed by atoms with Crippen LogP contribution in [0.4, 0.5) is 13.2 Å². The highest BCUT2D eigenvalue weighted by Gasteiger charge is 2.31. The fraction of sp³-hybridized carbons (Fsp3) is 0.294. The zero-order valence-corrected chi connectivity index (χ0v) is 17.2. The number of alkyl halides is 3. The van der Waals surface area contributed by atoms with Gasteiger partial charge in [-0.3, -0.25) is 10.3 Å². The predicted molar refractivity (Wildman–Crippen MR) is 102 cm³/mol. The number of benzene rings is 1. The second kappa shape index (κ2) is 8.92. The zero-order valence-electron chi connectivity index (χ0n) is 14.8. The fourth-order valence-corrected chi connectivity index (χ4v) is 4.93. The maximum absolute atomic E-state index is 12.7. The summed E-state index contributed by atoms with van der Waals surface area (Å²) in [6.45, 7) is 0.638. The van der Waals surface area contributed by atoms with Crippen molar-refractivity contribution in [1.82, 2.24) is 9.79 Å². The molecule has 0 spiro atoms. The van der Waals surface area contributed by atoms with Gasteiger partial charge in [-0.25, -0.2) is 8.42 Å². The number of hydroxylamine groups is 1. The van der Waals surface area contributed by atoms with E-state index in [0.717, 1.165) is 34.8 Å². The molecule has 158 valence electrons. The molecule has 0 amide bonds. The molecule has 0 unspecified atom stereocenters. The summed E-state index contributed by atoms with van der Waals surface area (Å²) in [5.41, 5.74) is 3.54. The topological polar surface area (TPSA) is 67.9 Å². The first kappa shape index (κ1) is 21.9. The van der Waals surface area contributed by atoms with E-state index >= 15 is 0 Å². The molecule has 0 radical (unpaired) electrons. The molecule has 1 aromatic heterocycles. The number of rotatable bonds is 7. The third-order valence-corrected chi connectivity index (χ3v) is 7.00. The van der Waals surface area contributed by atoms with Crippen molar-refractivity contribution in [1.29, 1.82) is 0 Å². The quantitative estimate of drug-likeness (QED) is 0.614. The van der Waals surface area contributed by atoms with E-state index in [0.29, 0.717) is 17.4 Å². The summed E-state index contributed by atoms with van der Waals surface area (Å²) in [6.07, 6.45) is -2.75. The smallest absolute Gasteiger partial charge is 0.406 e. The Morgan fingerprint density at radius 2 is 1.90 bits per heavy atom. The minimum atomic E-state index is -4.83. The lowest BCUT2D eigenvalue weighted by molar-refractivity contribution is -0.274. The van der Waals surface area contributed by atoms with Crippen LogP contribution < -0.4 is 10.2 Å². The van der Waals surface area contributed by atoms with Gasteiger partial charge in [-0.05, 0) is 42.5 Å². The highest BCUT2D eigenvalue weighted by Crippen LogP contribution is 2.26. The number of hydrogen-bond acceptors (Lipinski definition) is 6. The molecule has 0 saturated heterocycles. The van der Waals surface area contributed by atoms with Gasteiger partial charge in [0, 0.05) is 30.1 Å². The van der Waals surface area contributed by atoms with Crippen LogP contribution in [0.25, 0.3) is 0 Å². The third-order valence-electron chi connectivity index (χ3n) is 3.91. The highest BCUT2D eigenvalue weighted by molar-refractivity contribution is 7.89. The van der Waals surface area contributed by atoms with Gasteiger partial charge in [-0.2, -0.15) is 4.31 Å². The van der Waals surface area contributed by atoms with Crippen LogP contribution in [0, 0.1) is 0 Å². The largest absolute Gasteiger partial charge is 0.573 e. The Morgan fingerprint density at radius 3 is 2.45 bits per heavy atom. The maximum atomic E-state index is 12.7. The van der Waals surface area contributed by atoms with E-state index in [1.807, 2.05) is 6.07 Å². The first-order chi connectivity index (χ1) is 13.6. The van der Waals surface area contributed by atoms with Crippen molar-refractivity contribution < 1.29 is 31.2 Å². The lowest BCUT2D eigenvalue weighted by Gasteiger charge is -2.26. The molecule has 0 bridgehead atoms. The number of nitrogens with zero attached hydrogens (tertiary/aromatic N) is 1. The van der Waals surface area contributed by atoms with Crippen LogP contribution in [0.5, 0.6) is 5.75 Å². The average molecular weight is 469 g/mol. The molecule has 29 heavy (non-hydrogen) atoms. The molecule has 2 aromatic rings. The van der Waals surface area contributed by atoms with E-state index in [9.17, 15) is 21.6 Å². The summed E-state index contributed by atoms with van der Waals surface area (Å²) in [6, 6.07) is 7.74. The number of nitrogens with one attached hydrogen (secondary N) is 1. The van der Waals surface area contributed by atoms with Crippen LogP contribution >= 0.6 is 22.9 Å². The molecule has 2 heterocycles. The summed E-state index contributed by atoms with van der Waals surface area (Å²) in [5.74, 6) is -0.481. The van der Waals surface area contributed by atoms with Gasteiger partial charge in [0.2, 0.25) is 10.0 Å². The lowest BCUT2D eigenvalue weighted by Crippen LogP contribution is -2.36. The molecule has 12 heteroatoms. The van der Waals surface area contributed by atoms with E-state index in [-0.39, 0.29) is 18.0 Å². The van der Waals surface area contributed by atoms with Crippen molar-refractivity contribution in [2.75, 3.05) is 13.1 Å². The molecule has 0 fully saturated rings. The molecule has 1 aliphatic rings. The van der Waals surface area contributed by atoms with Gasteiger partial charge in [0.05, 0.1) is 9.23 Å². The van der Waals surface area contributed by atoms with Gasteiger partial charge < -0.3 is 4.74 Å². The Labute approximate surface area is 174 Å². The van der Waals surface area contributed by atoms with E-state index in [4.69, 9.17) is 16.4 Å². The Balaban J connectivity index is 1.55. The average Bonchev–Trinajstić information content (AvgIpc) is 3.06. The van der Waals surface area contributed by atoms with E-state index in [2.05, 4.69) is 10.2 Å². The van der Waals surface area contributed by atoms with Crippen LogP contribution in [-0.4, -0.2) is 32.2 Å². The Hall–Kier alpha value is -1.79. The van der Waals surface area contributed by atoms with Gasteiger partial charge in [0.15, 0.2) is 0 Å². The third kappa shape index (κ3) is 6.09. The van der Waals surface area contributed by atoms with E-state index < -0.39 is 22.1 Å². The minimum absolute atomic E-state index is 0.109. The van der Waals surface area contributed by atoms with Crippen LogP contribution in [0.15, 0.2) is 53.1 Å². The monoisotopic (exact) mass is 468 g/mol. The van der Waals surface area contributed by atoms with Crippen LogP contribution in [0.3, 0.4) is 0 Å². The molecule has 1 N–H and O–H groups in total. The van der Waals surface area contributed by atoms with Gasteiger partial charge in [-0.15, -0.1) is 24.5 Å². The van der Waals surface area contributed by atoms with Crippen molar-refractivity contribution in [3.8, 4) is 5.75 Å². The van der Waals surface area contributed by atoms with E-state index in [1.165, 1.54) is 15.6 Å². The van der Waals surface area contributed by atoms with Crippen molar-refractivity contribution in [3.63, 3.8) is 0 Å². The van der Waals surface area contributed by atoms with Gasteiger partial charge in [0.1, 0.15) is 12.4 Å². The molecule has 3 rings (SSSR count). The van der Waals surface area contributed by atoms with Crippen molar-refractivity contribution >= 4 is 33.0 Å². The lowest BCUT2D eigenvalue weighted by atomic mass is 10.2. The number of halogens is 4. The summed E-state index contributed by atoms with van der Waals surface area (Å²) >= 11 is 7.25. The van der Waals surface area contributed by atoms with Crippen LogP contribution in [0.1, 0.15) is 11.3 Å². The molecule has 0 aliphatic carbocycles. The predicted octanol–water partition coefficient (Wildman–Crippen LogP) is 4.30. The standard InChI is InChI=1S/C17H16ClF3N2O4S2/c18-16-6-3-14(28-16)11-26-22-12-7-9-23(10-8-12)29(24,25)15-4-1-13(2-5-15)27-17(19,20)21/h1-7,22H,8-11H2. The first-order valence-electron chi connectivity index (χ1n) is 8.30. The SMILES string of the molecule is O=S(=O)(c1ccc(OC(F)(F)F)cc1)N1CC=C(NOCc2ccc(Cl)s2)CC1. The molecular formula is C17H16ClF3N2O4S2. The highest BCUT2D eigenvalue weighted by atomic mass is 35.5. The Bertz CT molecular complexity index is 975.